The Morgan fingerprint density at radius 2 is 1.78 bits per heavy atom. The van der Waals surface area contributed by atoms with Gasteiger partial charge in [-0.05, 0) is 36.2 Å². The molecule has 0 saturated heterocycles. The summed E-state index contributed by atoms with van der Waals surface area (Å²) >= 11 is 0. The lowest BCUT2D eigenvalue weighted by Gasteiger charge is -2.07. The highest BCUT2D eigenvalue weighted by molar-refractivity contribution is 7.89. The molecule has 1 N–H and O–H groups in total. The van der Waals surface area contributed by atoms with Gasteiger partial charge < -0.3 is 4.57 Å². The molecular weight excluding hydrogens is 310 g/mol. The van der Waals surface area contributed by atoms with Crippen molar-refractivity contribution >= 4 is 21.1 Å². The molecule has 6 heteroatoms. The number of sulfonamides is 1. The molecule has 0 atom stereocenters. The van der Waals surface area contributed by atoms with E-state index in [-0.39, 0.29) is 11.4 Å². The molecule has 0 bridgehead atoms. The molecule has 120 valence electrons. The summed E-state index contributed by atoms with van der Waals surface area (Å²) in [4.78, 5) is 4.74. The number of fused-ring (bicyclic) bond motifs is 1. The fourth-order valence-electron chi connectivity index (χ4n) is 2.50. The molecule has 0 unspecified atom stereocenters. The van der Waals surface area contributed by atoms with Crippen molar-refractivity contribution in [3.8, 4) is 0 Å². The third-order valence-corrected chi connectivity index (χ3v) is 5.36. The van der Waals surface area contributed by atoms with Gasteiger partial charge in [-0.15, -0.1) is 0 Å². The second-order valence-corrected chi connectivity index (χ2v) is 7.16. The van der Waals surface area contributed by atoms with E-state index in [0.717, 1.165) is 23.0 Å². The van der Waals surface area contributed by atoms with Gasteiger partial charge in [0.05, 0.1) is 22.5 Å². The summed E-state index contributed by atoms with van der Waals surface area (Å²) in [5.41, 5.74) is 2.95. The van der Waals surface area contributed by atoms with Crippen LogP contribution in [0.5, 0.6) is 0 Å². The Hall–Kier alpha value is -2.18. The third-order valence-electron chi connectivity index (χ3n) is 3.94. The van der Waals surface area contributed by atoms with Crippen LogP contribution < -0.4 is 4.72 Å². The van der Waals surface area contributed by atoms with E-state index in [0.29, 0.717) is 5.82 Å². The Morgan fingerprint density at radius 1 is 1.09 bits per heavy atom. The zero-order chi connectivity index (χ0) is 16.4. The smallest absolute Gasteiger partial charge is 0.240 e. The maximum absolute atomic E-state index is 12.4. The average molecular weight is 329 g/mol. The summed E-state index contributed by atoms with van der Waals surface area (Å²) in [7, 11) is -1.66. The second-order valence-electron chi connectivity index (χ2n) is 5.40. The van der Waals surface area contributed by atoms with Gasteiger partial charge in [-0.1, -0.05) is 31.2 Å². The molecular formula is C17H19N3O2S. The van der Waals surface area contributed by atoms with Gasteiger partial charge in [0.2, 0.25) is 10.0 Å². The number of aromatic nitrogens is 2. The van der Waals surface area contributed by atoms with Crippen molar-refractivity contribution in [2.75, 3.05) is 0 Å². The number of aryl methyl sites for hydroxylation is 2. The van der Waals surface area contributed by atoms with Gasteiger partial charge >= 0.3 is 0 Å². The first-order valence-corrected chi connectivity index (χ1v) is 8.98. The topological polar surface area (TPSA) is 64.0 Å². The van der Waals surface area contributed by atoms with Crippen LogP contribution in [0, 0.1) is 0 Å². The minimum atomic E-state index is -3.54. The quantitative estimate of drug-likeness (QED) is 0.782. The molecule has 0 aliphatic rings. The predicted molar refractivity (Wildman–Crippen MR) is 90.6 cm³/mol. The summed E-state index contributed by atoms with van der Waals surface area (Å²) in [6.45, 7) is 2.19. The predicted octanol–water partition coefficient (Wildman–Crippen LogP) is 2.61. The Labute approximate surface area is 136 Å². The van der Waals surface area contributed by atoms with E-state index in [1.54, 1.807) is 12.1 Å². The number of rotatable bonds is 5. The van der Waals surface area contributed by atoms with Crippen molar-refractivity contribution in [3.63, 3.8) is 0 Å². The molecule has 3 rings (SSSR count). The van der Waals surface area contributed by atoms with Crippen LogP contribution in [-0.2, 0) is 30.0 Å². The fourth-order valence-corrected chi connectivity index (χ4v) is 3.48. The highest BCUT2D eigenvalue weighted by atomic mass is 32.2. The number of nitrogens with one attached hydrogen (secondary N) is 1. The molecule has 0 amide bonds. The molecule has 23 heavy (non-hydrogen) atoms. The standard InChI is InChI=1S/C17H19N3O2S/c1-3-13-8-10-14(11-9-13)23(21,22)18-12-17-19-15-6-4-5-7-16(15)20(17)2/h4-11,18H,3,12H2,1-2H3. The van der Waals surface area contributed by atoms with E-state index < -0.39 is 10.0 Å². The van der Waals surface area contributed by atoms with Crippen molar-refractivity contribution in [2.45, 2.75) is 24.8 Å². The molecule has 0 aliphatic carbocycles. The first-order valence-electron chi connectivity index (χ1n) is 7.50. The summed E-state index contributed by atoms with van der Waals surface area (Å²) in [5.74, 6) is 0.681. The Morgan fingerprint density at radius 3 is 2.43 bits per heavy atom. The van der Waals surface area contributed by atoms with Gasteiger partial charge in [0.25, 0.3) is 0 Å². The van der Waals surface area contributed by atoms with Gasteiger partial charge in [0.15, 0.2) is 0 Å². The lowest BCUT2D eigenvalue weighted by atomic mass is 10.2. The van der Waals surface area contributed by atoms with Crippen LogP contribution in [0.1, 0.15) is 18.3 Å². The van der Waals surface area contributed by atoms with E-state index in [4.69, 9.17) is 0 Å². The van der Waals surface area contributed by atoms with Gasteiger partial charge in [0.1, 0.15) is 5.82 Å². The van der Waals surface area contributed by atoms with Crippen LogP contribution in [0.2, 0.25) is 0 Å². The zero-order valence-corrected chi connectivity index (χ0v) is 14.0. The Kier molecular flexibility index (Phi) is 4.19. The Bertz CT molecular complexity index is 928. The molecule has 1 aromatic heterocycles. The molecule has 3 aromatic rings. The number of hydrogen-bond donors (Lipinski definition) is 1. The molecule has 0 spiro atoms. The Balaban J connectivity index is 1.81. The largest absolute Gasteiger partial charge is 0.330 e. The van der Waals surface area contributed by atoms with Crippen molar-refractivity contribution in [2.24, 2.45) is 7.05 Å². The minimum absolute atomic E-state index is 0.156. The van der Waals surface area contributed by atoms with Crippen molar-refractivity contribution in [3.05, 3.63) is 59.9 Å². The summed E-state index contributed by atoms with van der Waals surface area (Å²) in [6, 6.07) is 14.7. The van der Waals surface area contributed by atoms with Gasteiger partial charge in [-0.2, -0.15) is 0 Å². The number of nitrogens with zero attached hydrogens (tertiary/aromatic N) is 2. The molecule has 1 heterocycles. The van der Waals surface area contributed by atoms with Crippen molar-refractivity contribution < 1.29 is 8.42 Å². The summed E-state index contributed by atoms with van der Waals surface area (Å²) in [6.07, 6.45) is 0.883. The maximum Gasteiger partial charge on any atom is 0.240 e. The van der Waals surface area contributed by atoms with Crippen LogP contribution >= 0.6 is 0 Å². The van der Waals surface area contributed by atoms with Crippen LogP contribution in [0.25, 0.3) is 11.0 Å². The highest BCUT2D eigenvalue weighted by Crippen LogP contribution is 2.15. The number of benzene rings is 2. The first kappa shape index (κ1) is 15.7. The van der Waals surface area contributed by atoms with E-state index in [9.17, 15) is 8.42 Å². The molecule has 0 saturated carbocycles. The van der Waals surface area contributed by atoms with E-state index in [2.05, 4.69) is 9.71 Å². The fraction of sp³-hybridized carbons (Fsp3) is 0.235. The van der Waals surface area contributed by atoms with Crippen LogP contribution in [-0.4, -0.2) is 18.0 Å². The zero-order valence-electron chi connectivity index (χ0n) is 13.2. The maximum atomic E-state index is 12.4. The molecule has 2 aromatic carbocycles. The lowest BCUT2D eigenvalue weighted by molar-refractivity contribution is 0.578. The molecule has 0 aliphatic heterocycles. The van der Waals surface area contributed by atoms with E-state index in [1.807, 2.05) is 54.9 Å². The van der Waals surface area contributed by atoms with Gasteiger partial charge in [-0.3, -0.25) is 0 Å². The van der Waals surface area contributed by atoms with Crippen LogP contribution in [0.4, 0.5) is 0 Å². The molecule has 5 nitrogen and oxygen atoms in total. The second kappa shape index (κ2) is 6.14. The number of imidazole rings is 1. The van der Waals surface area contributed by atoms with Crippen LogP contribution in [0.3, 0.4) is 0 Å². The van der Waals surface area contributed by atoms with E-state index in [1.165, 1.54) is 0 Å². The highest BCUT2D eigenvalue weighted by Gasteiger charge is 2.15. The van der Waals surface area contributed by atoms with Crippen molar-refractivity contribution in [1.29, 1.82) is 0 Å². The monoisotopic (exact) mass is 329 g/mol. The normalized spacial score (nSPS) is 11.9. The van der Waals surface area contributed by atoms with Crippen LogP contribution in [0.15, 0.2) is 53.4 Å². The number of hydrogen-bond acceptors (Lipinski definition) is 3. The van der Waals surface area contributed by atoms with Gasteiger partial charge in [0, 0.05) is 7.05 Å². The molecule has 0 radical (unpaired) electrons. The van der Waals surface area contributed by atoms with Crippen molar-refractivity contribution in [1.82, 2.24) is 14.3 Å². The lowest BCUT2D eigenvalue weighted by Crippen LogP contribution is -2.24. The van der Waals surface area contributed by atoms with Gasteiger partial charge in [-0.25, -0.2) is 18.1 Å². The SMILES string of the molecule is CCc1ccc(S(=O)(=O)NCc2nc3ccccc3n2C)cc1. The summed E-state index contributed by atoms with van der Waals surface area (Å²) < 4.78 is 29.3. The molecule has 0 fully saturated rings. The minimum Gasteiger partial charge on any atom is -0.330 e. The summed E-state index contributed by atoms with van der Waals surface area (Å²) in [5, 5.41) is 0. The average Bonchev–Trinajstić information content (AvgIpc) is 2.90. The third kappa shape index (κ3) is 3.13. The number of para-hydroxylation sites is 2. The van der Waals surface area contributed by atoms with E-state index >= 15 is 0 Å². The first-order chi connectivity index (χ1) is 11.0.